The van der Waals surface area contributed by atoms with E-state index in [0.717, 1.165) is 12.2 Å². The van der Waals surface area contributed by atoms with Crippen LogP contribution in [0.5, 0.6) is 5.75 Å². The van der Waals surface area contributed by atoms with Gasteiger partial charge in [-0.1, -0.05) is 26.0 Å². The summed E-state index contributed by atoms with van der Waals surface area (Å²) < 4.78 is 16.0. The van der Waals surface area contributed by atoms with Crippen molar-refractivity contribution >= 4 is 5.97 Å². The molecule has 0 aliphatic rings. The van der Waals surface area contributed by atoms with E-state index in [1.807, 2.05) is 38.1 Å². The average molecular weight is 309 g/mol. The lowest BCUT2D eigenvalue weighted by Crippen LogP contribution is -2.38. The van der Waals surface area contributed by atoms with Gasteiger partial charge < -0.3 is 19.5 Å². The van der Waals surface area contributed by atoms with E-state index in [1.165, 1.54) is 12.5 Å². The van der Waals surface area contributed by atoms with E-state index < -0.39 is 0 Å². The van der Waals surface area contributed by atoms with Gasteiger partial charge in [0.1, 0.15) is 18.5 Å². The van der Waals surface area contributed by atoms with Crippen LogP contribution in [0, 0.1) is 0 Å². The lowest BCUT2D eigenvalue weighted by Gasteiger charge is -2.19. The third-order valence-corrected chi connectivity index (χ3v) is 3.04. The average Bonchev–Trinajstić information content (AvgIpc) is 2.48. The Bertz CT molecular complexity index is 431. The van der Waals surface area contributed by atoms with Crippen LogP contribution in [0.15, 0.2) is 24.3 Å². The summed E-state index contributed by atoms with van der Waals surface area (Å²) in [5.74, 6) is 0.469. The van der Waals surface area contributed by atoms with Crippen LogP contribution >= 0.6 is 0 Å². The number of ether oxygens (including phenoxy) is 3. The molecule has 0 radical (unpaired) electrons. The zero-order valence-electron chi connectivity index (χ0n) is 13.9. The molecule has 124 valence electrons. The number of nitrogens with one attached hydrogen (secondary N) is 1. The highest BCUT2D eigenvalue weighted by atomic mass is 16.6. The fourth-order valence-corrected chi connectivity index (χ4v) is 1.90. The summed E-state index contributed by atoms with van der Waals surface area (Å²) in [6.07, 6.45) is 0.582. The number of carbonyl (C=O) groups excluding carboxylic acids is 1. The first-order valence-electron chi connectivity index (χ1n) is 7.62. The maximum atomic E-state index is 11.1. The van der Waals surface area contributed by atoms with Gasteiger partial charge in [0, 0.05) is 26.6 Å². The van der Waals surface area contributed by atoms with Crippen LogP contribution in [0.2, 0.25) is 0 Å². The highest BCUT2D eigenvalue weighted by molar-refractivity contribution is 5.66. The standard InChI is InChI=1S/C17H27NO4/c1-13(2)18-11-17(22-14(3)19)12-21-16-7-5-15(6-8-16)9-10-20-4/h5-8,13,17-18H,9-12H2,1-4H3. The van der Waals surface area contributed by atoms with E-state index in [9.17, 15) is 4.79 Å². The van der Waals surface area contributed by atoms with E-state index in [1.54, 1.807) is 7.11 Å². The van der Waals surface area contributed by atoms with Crippen molar-refractivity contribution in [1.29, 1.82) is 0 Å². The van der Waals surface area contributed by atoms with Crippen molar-refractivity contribution in [2.24, 2.45) is 0 Å². The van der Waals surface area contributed by atoms with E-state index >= 15 is 0 Å². The molecule has 1 aromatic rings. The maximum Gasteiger partial charge on any atom is 0.303 e. The minimum atomic E-state index is -0.298. The van der Waals surface area contributed by atoms with Gasteiger partial charge >= 0.3 is 5.97 Å². The normalized spacial score (nSPS) is 12.2. The van der Waals surface area contributed by atoms with Gasteiger partial charge in [-0.05, 0) is 24.1 Å². The van der Waals surface area contributed by atoms with Crippen molar-refractivity contribution in [2.45, 2.75) is 39.3 Å². The van der Waals surface area contributed by atoms with Crippen LogP contribution in [0.25, 0.3) is 0 Å². The second kappa shape index (κ2) is 10.2. The molecular weight excluding hydrogens is 282 g/mol. The summed E-state index contributed by atoms with van der Waals surface area (Å²) in [5, 5.41) is 3.25. The van der Waals surface area contributed by atoms with Crippen LogP contribution in [-0.2, 0) is 20.7 Å². The SMILES string of the molecule is COCCc1ccc(OCC(CNC(C)C)OC(C)=O)cc1. The summed E-state index contributed by atoms with van der Waals surface area (Å²) in [5.41, 5.74) is 1.20. The Kier molecular flexibility index (Phi) is 8.55. The van der Waals surface area contributed by atoms with Crippen LogP contribution in [0.1, 0.15) is 26.3 Å². The highest BCUT2D eigenvalue weighted by Crippen LogP contribution is 2.13. The Hall–Kier alpha value is -1.59. The molecule has 0 fully saturated rings. The summed E-state index contributed by atoms with van der Waals surface area (Å²) in [4.78, 5) is 11.1. The van der Waals surface area contributed by atoms with Crippen LogP contribution in [0.4, 0.5) is 0 Å². The van der Waals surface area contributed by atoms with Gasteiger partial charge in [-0.25, -0.2) is 0 Å². The smallest absolute Gasteiger partial charge is 0.303 e. The molecule has 0 heterocycles. The van der Waals surface area contributed by atoms with Gasteiger partial charge in [0.25, 0.3) is 0 Å². The Morgan fingerprint density at radius 2 is 1.91 bits per heavy atom. The van der Waals surface area contributed by atoms with Crippen molar-refractivity contribution in [3.8, 4) is 5.75 Å². The molecular formula is C17H27NO4. The van der Waals surface area contributed by atoms with E-state index in [2.05, 4.69) is 5.32 Å². The Morgan fingerprint density at radius 3 is 2.45 bits per heavy atom. The molecule has 5 nitrogen and oxygen atoms in total. The van der Waals surface area contributed by atoms with Gasteiger partial charge in [-0.3, -0.25) is 4.79 Å². The molecule has 1 aromatic carbocycles. The molecule has 0 amide bonds. The number of rotatable bonds is 10. The number of methoxy groups -OCH3 is 1. The van der Waals surface area contributed by atoms with E-state index in [4.69, 9.17) is 14.2 Å². The third-order valence-electron chi connectivity index (χ3n) is 3.04. The van der Waals surface area contributed by atoms with Gasteiger partial charge in [0.15, 0.2) is 0 Å². The number of hydrogen-bond acceptors (Lipinski definition) is 5. The predicted octanol–water partition coefficient (Wildman–Crippen LogP) is 2.18. The quantitative estimate of drug-likeness (QED) is 0.671. The van der Waals surface area contributed by atoms with Gasteiger partial charge in [0.2, 0.25) is 0 Å². The monoisotopic (exact) mass is 309 g/mol. The van der Waals surface area contributed by atoms with E-state index in [0.29, 0.717) is 25.8 Å². The Labute approximate surface area is 132 Å². The second-order valence-corrected chi connectivity index (χ2v) is 5.49. The molecule has 0 spiro atoms. The lowest BCUT2D eigenvalue weighted by atomic mass is 10.1. The molecule has 5 heteroatoms. The van der Waals surface area contributed by atoms with Crippen LogP contribution < -0.4 is 10.1 Å². The van der Waals surface area contributed by atoms with Crippen molar-refractivity contribution in [3.63, 3.8) is 0 Å². The highest BCUT2D eigenvalue weighted by Gasteiger charge is 2.13. The largest absolute Gasteiger partial charge is 0.490 e. The zero-order chi connectivity index (χ0) is 16.4. The number of benzene rings is 1. The zero-order valence-corrected chi connectivity index (χ0v) is 13.9. The predicted molar refractivity (Wildman–Crippen MR) is 86.2 cm³/mol. The Morgan fingerprint density at radius 1 is 1.23 bits per heavy atom. The lowest BCUT2D eigenvalue weighted by molar-refractivity contribution is -0.147. The summed E-state index contributed by atoms with van der Waals surface area (Å²) >= 11 is 0. The third kappa shape index (κ3) is 8.00. The molecule has 1 N–H and O–H groups in total. The molecule has 0 bridgehead atoms. The van der Waals surface area contributed by atoms with Crippen molar-refractivity contribution in [2.75, 3.05) is 26.9 Å². The summed E-state index contributed by atoms with van der Waals surface area (Å²) in [7, 11) is 1.69. The molecule has 0 aliphatic heterocycles. The van der Waals surface area contributed by atoms with Crippen molar-refractivity contribution in [3.05, 3.63) is 29.8 Å². The summed E-state index contributed by atoms with van der Waals surface area (Å²) in [6, 6.07) is 8.21. The van der Waals surface area contributed by atoms with Gasteiger partial charge in [0.05, 0.1) is 6.61 Å². The fourth-order valence-electron chi connectivity index (χ4n) is 1.90. The minimum Gasteiger partial charge on any atom is -0.490 e. The Balaban J connectivity index is 2.46. The van der Waals surface area contributed by atoms with E-state index in [-0.39, 0.29) is 12.1 Å². The minimum absolute atomic E-state index is 0.297. The molecule has 1 atom stereocenters. The first-order chi connectivity index (χ1) is 10.5. The van der Waals surface area contributed by atoms with Gasteiger partial charge in [-0.2, -0.15) is 0 Å². The fraction of sp³-hybridized carbons (Fsp3) is 0.588. The van der Waals surface area contributed by atoms with Crippen molar-refractivity contribution < 1.29 is 19.0 Å². The molecule has 0 aromatic heterocycles. The molecule has 22 heavy (non-hydrogen) atoms. The molecule has 0 saturated heterocycles. The molecule has 0 saturated carbocycles. The number of esters is 1. The van der Waals surface area contributed by atoms with Crippen LogP contribution in [-0.4, -0.2) is 45.0 Å². The number of carbonyl (C=O) groups is 1. The maximum absolute atomic E-state index is 11.1. The first-order valence-corrected chi connectivity index (χ1v) is 7.62. The van der Waals surface area contributed by atoms with Crippen LogP contribution in [0.3, 0.4) is 0 Å². The molecule has 0 aliphatic carbocycles. The topological polar surface area (TPSA) is 56.8 Å². The number of hydrogen-bond donors (Lipinski definition) is 1. The second-order valence-electron chi connectivity index (χ2n) is 5.49. The van der Waals surface area contributed by atoms with Gasteiger partial charge in [-0.15, -0.1) is 0 Å². The molecule has 1 rings (SSSR count). The summed E-state index contributed by atoms with van der Waals surface area (Å²) in [6.45, 7) is 7.11. The van der Waals surface area contributed by atoms with Crippen molar-refractivity contribution in [1.82, 2.24) is 5.32 Å². The molecule has 1 unspecified atom stereocenters. The first kappa shape index (κ1) is 18.5.